The molecule has 0 fully saturated rings. The number of hydrogen-bond donors (Lipinski definition) is 1. The predicted octanol–water partition coefficient (Wildman–Crippen LogP) is 2.07. The third kappa shape index (κ3) is 2.85. The average molecular weight is 265 g/mol. The summed E-state index contributed by atoms with van der Waals surface area (Å²) < 4.78 is 31.7. The molecule has 1 atom stereocenters. The van der Waals surface area contributed by atoms with E-state index in [9.17, 15) is 8.78 Å². The Hall–Kier alpha value is -2.08. The number of methoxy groups -OCH3 is 1. The normalized spacial score (nSPS) is 12.2. The summed E-state index contributed by atoms with van der Waals surface area (Å²) in [6.07, 6.45) is 1.33. The van der Waals surface area contributed by atoms with Crippen LogP contribution in [-0.2, 0) is 0 Å². The van der Waals surface area contributed by atoms with E-state index in [4.69, 9.17) is 4.74 Å². The Bertz CT molecular complexity index is 578. The zero-order valence-electron chi connectivity index (χ0n) is 10.5. The Balaban J connectivity index is 2.43. The van der Waals surface area contributed by atoms with Gasteiger partial charge < -0.3 is 10.1 Å². The molecule has 4 nitrogen and oxygen atoms in total. The number of hydrogen-bond acceptors (Lipinski definition) is 4. The zero-order chi connectivity index (χ0) is 13.8. The highest BCUT2D eigenvalue weighted by molar-refractivity contribution is 5.30. The van der Waals surface area contributed by atoms with E-state index in [0.717, 1.165) is 6.07 Å². The number of nitrogens with one attached hydrogen (secondary N) is 1. The molecule has 0 aliphatic rings. The number of ether oxygens (including phenoxy) is 1. The van der Waals surface area contributed by atoms with Crippen LogP contribution in [0.5, 0.6) is 5.88 Å². The van der Waals surface area contributed by atoms with Crippen LogP contribution >= 0.6 is 0 Å². The van der Waals surface area contributed by atoms with Crippen molar-refractivity contribution in [1.29, 1.82) is 0 Å². The van der Waals surface area contributed by atoms with Gasteiger partial charge in [-0.2, -0.15) is 0 Å². The summed E-state index contributed by atoms with van der Waals surface area (Å²) in [6, 6.07) is 4.54. The van der Waals surface area contributed by atoms with Crippen LogP contribution in [0, 0.1) is 11.6 Å². The van der Waals surface area contributed by atoms with Gasteiger partial charge in [0.2, 0.25) is 5.88 Å². The first-order valence-corrected chi connectivity index (χ1v) is 5.64. The topological polar surface area (TPSA) is 47.0 Å². The Morgan fingerprint density at radius 2 is 2.00 bits per heavy atom. The van der Waals surface area contributed by atoms with E-state index in [-0.39, 0.29) is 0 Å². The first-order chi connectivity index (χ1) is 9.15. The van der Waals surface area contributed by atoms with Crippen molar-refractivity contribution in [3.8, 4) is 5.88 Å². The third-order valence-corrected chi connectivity index (χ3v) is 2.73. The number of halogens is 2. The molecule has 0 bridgehead atoms. The molecular formula is C13H13F2N3O. The number of aromatic nitrogens is 2. The fourth-order valence-corrected chi connectivity index (χ4v) is 1.82. The van der Waals surface area contributed by atoms with E-state index in [2.05, 4.69) is 15.3 Å². The van der Waals surface area contributed by atoms with Gasteiger partial charge in [-0.05, 0) is 13.1 Å². The van der Waals surface area contributed by atoms with E-state index in [0.29, 0.717) is 17.1 Å². The zero-order valence-corrected chi connectivity index (χ0v) is 10.5. The van der Waals surface area contributed by atoms with Gasteiger partial charge in [-0.1, -0.05) is 6.07 Å². The van der Waals surface area contributed by atoms with Crippen molar-refractivity contribution in [2.45, 2.75) is 6.04 Å². The summed E-state index contributed by atoms with van der Waals surface area (Å²) in [5, 5.41) is 2.94. The van der Waals surface area contributed by atoms with Gasteiger partial charge in [0.15, 0.2) is 0 Å². The molecule has 1 unspecified atom stereocenters. The average Bonchev–Trinajstić information content (AvgIpc) is 2.42. The first kappa shape index (κ1) is 13.4. The highest BCUT2D eigenvalue weighted by atomic mass is 19.1. The van der Waals surface area contributed by atoms with Gasteiger partial charge >= 0.3 is 0 Å². The van der Waals surface area contributed by atoms with Gasteiger partial charge in [-0.15, -0.1) is 0 Å². The highest BCUT2D eigenvalue weighted by Gasteiger charge is 2.18. The lowest BCUT2D eigenvalue weighted by Gasteiger charge is -2.17. The molecule has 0 spiro atoms. The quantitative estimate of drug-likeness (QED) is 0.919. The maximum atomic E-state index is 13.8. The number of rotatable bonds is 4. The van der Waals surface area contributed by atoms with Crippen LogP contribution in [0.2, 0.25) is 0 Å². The lowest BCUT2D eigenvalue weighted by atomic mass is 10.0. The maximum Gasteiger partial charge on any atom is 0.216 e. The molecule has 1 heterocycles. The van der Waals surface area contributed by atoms with Crippen molar-refractivity contribution in [1.82, 2.24) is 15.3 Å². The fraction of sp³-hybridized carbons (Fsp3) is 0.231. The minimum absolute atomic E-state index is 0.310. The van der Waals surface area contributed by atoms with Crippen LogP contribution < -0.4 is 10.1 Å². The van der Waals surface area contributed by atoms with E-state index < -0.39 is 17.7 Å². The molecule has 19 heavy (non-hydrogen) atoms. The fourth-order valence-electron chi connectivity index (χ4n) is 1.82. The molecule has 0 amide bonds. The summed E-state index contributed by atoms with van der Waals surface area (Å²) in [5.41, 5.74) is 0.851. The van der Waals surface area contributed by atoms with Gasteiger partial charge in [0.25, 0.3) is 0 Å². The molecular weight excluding hydrogens is 252 g/mol. The van der Waals surface area contributed by atoms with Crippen molar-refractivity contribution in [3.63, 3.8) is 0 Å². The minimum atomic E-state index is -0.628. The largest absolute Gasteiger partial charge is 0.481 e. The van der Waals surface area contributed by atoms with Gasteiger partial charge in [-0.3, -0.25) is 0 Å². The smallest absolute Gasteiger partial charge is 0.216 e. The Labute approximate surface area is 109 Å². The predicted molar refractivity (Wildman–Crippen MR) is 65.8 cm³/mol. The Morgan fingerprint density at radius 3 is 2.63 bits per heavy atom. The van der Waals surface area contributed by atoms with E-state index in [1.54, 1.807) is 13.1 Å². The molecule has 1 aromatic heterocycles. The Morgan fingerprint density at radius 1 is 1.21 bits per heavy atom. The second-order valence-corrected chi connectivity index (χ2v) is 3.87. The summed E-state index contributed by atoms with van der Waals surface area (Å²) >= 11 is 0. The summed E-state index contributed by atoms with van der Waals surface area (Å²) in [6.45, 7) is 0. The summed E-state index contributed by atoms with van der Waals surface area (Å²) in [4.78, 5) is 7.97. The molecule has 2 aromatic rings. The Kier molecular flexibility index (Phi) is 4.01. The molecule has 1 N–H and O–H groups in total. The highest BCUT2D eigenvalue weighted by Crippen LogP contribution is 2.24. The van der Waals surface area contributed by atoms with Crippen molar-refractivity contribution in [3.05, 3.63) is 53.5 Å². The molecule has 0 aliphatic carbocycles. The van der Waals surface area contributed by atoms with Crippen LogP contribution in [0.15, 0.2) is 30.6 Å². The standard InChI is InChI=1S/C13H13F2N3O/c1-16-13(9-4-3-8(14)5-10(9)15)11-6-12(19-2)18-7-17-11/h3-7,13,16H,1-2H3. The molecule has 1 aromatic carbocycles. The molecule has 2 rings (SSSR count). The lowest BCUT2D eigenvalue weighted by Crippen LogP contribution is -2.20. The molecule has 0 saturated carbocycles. The van der Waals surface area contributed by atoms with Crippen molar-refractivity contribution in [2.75, 3.05) is 14.2 Å². The molecule has 0 radical (unpaired) electrons. The van der Waals surface area contributed by atoms with E-state index in [1.165, 1.54) is 25.6 Å². The van der Waals surface area contributed by atoms with Crippen molar-refractivity contribution in [2.24, 2.45) is 0 Å². The van der Waals surface area contributed by atoms with Crippen LogP contribution in [0.25, 0.3) is 0 Å². The number of benzene rings is 1. The summed E-state index contributed by atoms with van der Waals surface area (Å²) in [5.74, 6) is -0.860. The third-order valence-electron chi connectivity index (χ3n) is 2.73. The van der Waals surface area contributed by atoms with Gasteiger partial charge in [0.1, 0.15) is 18.0 Å². The van der Waals surface area contributed by atoms with Gasteiger partial charge in [-0.25, -0.2) is 18.7 Å². The lowest BCUT2D eigenvalue weighted by molar-refractivity contribution is 0.395. The van der Waals surface area contributed by atoms with E-state index in [1.807, 2.05) is 0 Å². The second kappa shape index (κ2) is 5.71. The molecule has 0 aliphatic heterocycles. The van der Waals surface area contributed by atoms with Gasteiger partial charge in [0, 0.05) is 17.7 Å². The van der Waals surface area contributed by atoms with Crippen molar-refractivity contribution >= 4 is 0 Å². The SMILES string of the molecule is CNC(c1cc(OC)ncn1)c1ccc(F)cc1F. The molecule has 100 valence electrons. The molecule has 6 heteroatoms. The number of nitrogens with zero attached hydrogens (tertiary/aromatic N) is 2. The van der Waals surface area contributed by atoms with Crippen molar-refractivity contribution < 1.29 is 13.5 Å². The monoisotopic (exact) mass is 265 g/mol. The van der Waals surface area contributed by atoms with Crippen LogP contribution in [0.3, 0.4) is 0 Å². The molecule has 0 saturated heterocycles. The first-order valence-electron chi connectivity index (χ1n) is 5.64. The maximum absolute atomic E-state index is 13.8. The van der Waals surface area contributed by atoms with Crippen LogP contribution in [0.4, 0.5) is 8.78 Å². The van der Waals surface area contributed by atoms with Crippen LogP contribution in [0.1, 0.15) is 17.3 Å². The second-order valence-electron chi connectivity index (χ2n) is 3.87. The van der Waals surface area contributed by atoms with Crippen LogP contribution in [-0.4, -0.2) is 24.1 Å². The summed E-state index contributed by atoms with van der Waals surface area (Å²) in [7, 11) is 3.15. The minimum Gasteiger partial charge on any atom is -0.481 e. The van der Waals surface area contributed by atoms with E-state index >= 15 is 0 Å². The van der Waals surface area contributed by atoms with Gasteiger partial charge in [0.05, 0.1) is 18.8 Å².